The lowest BCUT2D eigenvalue weighted by Crippen LogP contribution is -2.43. The third kappa shape index (κ3) is 4.57. The summed E-state index contributed by atoms with van der Waals surface area (Å²) in [6, 6.07) is 6.56. The Morgan fingerprint density at radius 3 is 2.38 bits per heavy atom. The van der Waals surface area contributed by atoms with Gasteiger partial charge in [-0.15, -0.1) is 12.4 Å². The molecule has 146 valence electrons. The number of benzene rings is 1. The predicted molar refractivity (Wildman–Crippen MR) is 102 cm³/mol. The van der Waals surface area contributed by atoms with E-state index in [2.05, 4.69) is 5.32 Å². The summed E-state index contributed by atoms with van der Waals surface area (Å²) >= 11 is 0. The van der Waals surface area contributed by atoms with Crippen molar-refractivity contribution in [2.75, 3.05) is 26.2 Å². The van der Waals surface area contributed by atoms with Gasteiger partial charge in [-0.1, -0.05) is 0 Å². The number of sulfonamides is 1. The summed E-state index contributed by atoms with van der Waals surface area (Å²) in [5, 5.41) is 3.53. The number of carbonyl (C=O) groups excluding carboxylic acids is 1. The monoisotopic (exact) mass is 402 g/mol. The summed E-state index contributed by atoms with van der Waals surface area (Å²) in [5.41, 5.74) is 0.367. The number of hydrogen-bond donors (Lipinski definition) is 1. The van der Waals surface area contributed by atoms with Crippen molar-refractivity contribution in [2.24, 2.45) is 5.92 Å². The molecule has 1 aromatic carbocycles. The first-order chi connectivity index (χ1) is 12.0. The van der Waals surface area contributed by atoms with Crippen LogP contribution in [-0.2, 0) is 14.8 Å². The highest BCUT2D eigenvalue weighted by molar-refractivity contribution is 7.89. The molecule has 0 bridgehead atoms. The lowest BCUT2D eigenvalue weighted by Gasteiger charge is -2.34. The number of rotatable bonds is 5. The van der Waals surface area contributed by atoms with Gasteiger partial charge < -0.3 is 10.1 Å². The minimum atomic E-state index is -3.50. The van der Waals surface area contributed by atoms with Crippen molar-refractivity contribution in [1.29, 1.82) is 0 Å². The maximum Gasteiger partial charge on any atom is 0.338 e. The Bertz CT molecular complexity index is 694. The molecule has 26 heavy (non-hydrogen) atoms. The highest BCUT2D eigenvalue weighted by Gasteiger charge is 2.33. The molecule has 2 heterocycles. The third-order valence-corrected chi connectivity index (χ3v) is 7.08. The van der Waals surface area contributed by atoms with Crippen LogP contribution in [0, 0.1) is 5.92 Å². The van der Waals surface area contributed by atoms with Crippen molar-refractivity contribution < 1.29 is 17.9 Å². The summed E-state index contributed by atoms with van der Waals surface area (Å²) in [7, 11) is -3.50. The average Bonchev–Trinajstić information content (AvgIpc) is 3.17. The maximum atomic E-state index is 12.8. The van der Waals surface area contributed by atoms with E-state index < -0.39 is 16.0 Å². The van der Waals surface area contributed by atoms with Crippen molar-refractivity contribution in [1.82, 2.24) is 9.62 Å². The molecular weight excluding hydrogens is 376 g/mol. The number of ether oxygens (including phenoxy) is 1. The Morgan fingerprint density at radius 2 is 1.85 bits per heavy atom. The first kappa shape index (κ1) is 21.2. The largest absolute Gasteiger partial charge is 0.462 e. The molecule has 1 atom stereocenters. The predicted octanol–water partition coefficient (Wildman–Crippen LogP) is 2.44. The van der Waals surface area contributed by atoms with E-state index in [-0.39, 0.29) is 17.3 Å². The fourth-order valence-corrected chi connectivity index (χ4v) is 5.23. The highest BCUT2D eigenvalue weighted by atomic mass is 35.5. The molecular formula is C18H27ClN2O4S. The van der Waals surface area contributed by atoms with Gasteiger partial charge in [0, 0.05) is 19.1 Å². The fourth-order valence-electron chi connectivity index (χ4n) is 3.76. The van der Waals surface area contributed by atoms with Crippen LogP contribution >= 0.6 is 12.4 Å². The Balaban J connectivity index is 0.00000243. The van der Waals surface area contributed by atoms with E-state index in [0.29, 0.717) is 37.2 Å². The first-order valence-electron chi connectivity index (χ1n) is 9.03. The summed E-state index contributed by atoms with van der Waals surface area (Å²) in [4.78, 5) is 11.9. The van der Waals surface area contributed by atoms with Gasteiger partial charge in [0.2, 0.25) is 10.0 Å². The molecule has 6 nitrogen and oxygen atoms in total. The number of esters is 1. The second kappa shape index (κ2) is 9.17. The topological polar surface area (TPSA) is 75.7 Å². The van der Waals surface area contributed by atoms with Gasteiger partial charge in [-0.3, -0.25) is 0 Å². The van der Waals surface area contributed by atoms with Gasteiger partial charge in [0.05, 0.1) is 17.1 Å². The molecule has 0 amide bonds. The number of carbonyl (C=O) groups is 1. The zero-order valence-corrected chi connectivity index (χ0v) is 16.7. The number of hydrogen-bond acceptors (Lipinski definition) is 5. The molecule has 2 aliphatic heterocycles. The van der Waals surface area contributed by atoms with Gasteiger partial charge in [-0.2, -0.15) is 4.31 Å². The quantitative estimate of drug-likeness (QED) is 0.765. The number of nitrogens with one attached hydrogen (secondary N) is 1. The molecule has 0 aromatic heterocycles. The van der Waals surface area contributed by atoms with Crippen molar-refractivity contribution in [3.05, 3.63) is 29.8 Å². The van der Waals surface area contributed by atoms with Crippen LogP contribution in [-0.4, -0.2) is 51.0 Å². The average molecular weight is 403 g/mol. The normalized spacial score (nSPS) is 22.0. The van der Waals surface area contributed by atoms with E-state index in [1.165, 1.54) is 37.1 Å². The third-order valence-electron chi connectivity index (χ3n) is 5.17. The molecule has 0 saturated carbocycles. The van der Waals surface area contributed by atoms with Crippen molar-refractivity contribution in [3.63, 3.8) is 0 Å². The second-order valence-corrected chi connectivity index (χ2v) is 8.63. The van der Waals surface area contributed by atoms with Gasteiger partial charge in [-0.05, 0) is 69.3 Å². The summed E-state index contributed by atoms with van der Waals surface area (Å²) in [6.45, 7) is 4.23. The van der Waals surface area contributed by atoms with Crippen LogP contribution in [0.5, 0.6) is 0 Å². The Hall–Kier alpha value is -1.15. The van der Waals surface area contributed by atoms with Crippen molar-refractivity contribution in [3.8, 4) is 0 Å². The molecule has 0 spiro atoms. The minimum absolute atomic E-state index is 0. The smallest absolute Gasteiger partial charge is 0.338 e. The zero-order chi connectivity index (χ0) is 17.9. The zero-order valence-electron chi connectivity index (χ0n) is 15.0. The molecule has 8 heteroatoms. The standard InChI is InChI=1S/C18H26N2O4S.ClH/c1-2-24-18(21)15-5-7-16(8-6-15)25(22,23)20-12-9-14(10-13-20)17-4-3-11-19-17;/h5-8,14,17,19H,2-4,9-13H2,1H3;1H. The minimum Gasteiger partial charge on any atom is -0.462 e. The van der Waals surface area contributed by atoms with E-state index in [1.807, 2.05) is 0 Å². The molecule has 2 aliphatic rings. The lowest BCUT2D eigenvalue weighted by atomic mass is 9.89. The second-order valence-electron chi connectivity index (χ2n) is 6.69. The van der Waals surface area contributed by atoms with Crippen LogP contribution in [0.4, 0.5) is 0 Å². The molecule has 1 N–H and O–H groups in total. The number of halogens is 1. The molecule has 3 rings (SSSR count). The summed E-state index contributed by atoms with van der Waals surface area (Å²) in [5.74, 6) is 0.136. The van der Waals surface area contributed by atoms with Crippen LogP contribution in [0.3, 0.4) is 0 Å². The molecule has 0 aliphatic carbocycles. The van der Waals surface area contributed by atoms with Gasteiger partial charge in [0.15, 0.2) is 0 Å². The Labute approximate surface area is 161 Å². The summed E-state index contributed by atoms with van der Waals surface area (Å²) < 4.78 is 32.1. The highest BCUT2D eigenvalue weighted by Crippen LogP contribution is 2.28. The molecule has 1 unspecified atom stereocenters. The van der Waals surface area contributed by atoms with Gasteiger partial charge in [0.1, 0.15) is 0 Å². The molecule has 2 saturated heterocycles. The van der Waals surface area contributed by atoms with Crippen LogP contribution < -0.4 is 5.32 Å². The van der Waals surface area contributed by atoms with E-state index >= 15 is 0 Å². The SMILES string of the molecule is CCOC(=O)c1ccc(S(=O)(=O)N2CCC(C3CCCN3)CC2)cc1.Cl. The number of nitrogens with zero attached hydrogens (tertiary/aromatic N) is 1. The van der Waals surface area contributed by atoms with Crippen molar-refractivity contribution >= 4 is 28.4 Å². The van der Waals surface area contributed by atoms with Crippen LogP contribution in [0.1, 0.15) is 43.0 Å². The lowest BCUT2D eigenvalue weighted by molar-refractivity contribution is 0.0526. The molecule has 0 radical (unpaired) electrons. The maximum absolute atomic E-state index is 12.8. The fraction of sp³-hybridized carbons (Fsp3) is 0.611. The van der Waals surface area contributed by atoms with Crippen LogP contribution in [0.15, 0.2) is 29.2 Å². The van der Waals surface area contributed by atoms with Gasteiger partial charge in [-0.25, -0.2) is 13.2 Å². The Kier molecular flexibility index (Phi) is 7.46. The van der Waals surface area contributed by atoms with Gasteiger partial charge >= 0.3 is 5.97 Å². The van der Waals surface area contributed by atoms with E-state index in [9.17, 15) is 13.2 Å². The van der Waals surface area contributed by atoms with Crippen molar-refractivity contribution in [2.45, 2.75) is 43.5 Å². The molecule has 1 aromatic rings. The van der Waals surface area contributed by atoms with Gasteiger partial charge in [0.25, 0.3) is 0 Å². The molecule has 2 fully saturated rings. The summed E-state index contributed by atoms with van der Waals surface area (Å²) in [6.07, 6.45) is 4.22. The van der Waals surface area contributed by atoms with E-state index in [1.54, 1.807) is 11.2 Å². The Morgan fingerprint density at radius 1 is 1.19 bits per heavy atom. The number of piperidine rings is 1. The van der Waals surface area contributed by atoms with E-state index in [0.717, 1.165) is 19.4 Å². The first-order valence-corrected chi connectivity index (χ1v) is 10.5. The van der Waals surface area contributed by atoms with Crippen LogP contribution in [0.2, 0.25) is 0 Å². The van der Waals surface area contributed by atoms with E-state index in [4.69, 9.17) is 4.74 Å². The van der Waals surface area contributed by atoms with Crippen LogP contribution in [0.25, 0.3) is 0 Å².